The van der Waals surface area contributed by atoms with E-state index in [9.17, 15) is 4.79 Å². The summed E-state index contributed by atoms with van der Waals surface area (Å²) < 4.78 is 0. The molecule has 0 aromatic carbocycles. The molecule has 17 heavy (non-hydrogen) atoms. The Kier molecular flexibility index (Phi) is 19.7. The molecule has 0 aliphatic carbocycles. The minimum Gasteiger partial charge on any atom is -0.370 e. The van der Waals surface area contributed by atoms with Crippen LogP contribution in [0.15, 0.2) is 0 Å². The number of hydrogen-bond donors (Lipinski definition) is 2. The highest BCUT2D eigenvalue weighted by molar-refractivity contribution is 5.73. The van der Waals surface area contributed by atoms with Crippen molar-refractivity contribution in [3.05, 3.63) is 0 Å². The maximum absolute atomic E-state index is 10.4. The monoisotopic (exact) mass is 244 g/mol. The molecule has 1 amide bonds. The lowest BCUT2D eigenvalue weighted by Crippen LogP contribution is -2.09. The van der Waals surface area contributed by atoms with Crippen LogP contribution < -0.4 is 11.1 Å². The topological polar surface area (TPSA) is 55.1 Å². The largest absolute Gasteiger partial charge is 0.370 e. The molecular weight excluding hydrogens is 212 g/mol. The van der Waals surface area contributed by atoms with Crippen molar-refractivity contribution in [3.8, 4) is 0 Å². The Balaban J connectivity index is 0. The highest BCUT2D eigenvalue weighted by atomic mass is 16.1. The molecule has 3 nitrogen and oxygen atoms in total. The third kappa shape index (κ3) is 25.6. The van der Waals surface area contributed by atoms with Crippen molar-refractivity contribution in [2.24, 2.45) is 5.73 Å². The van der Waals surface area contributed by atoms with Crippen LogP contribution in [-0.4, -0.2) is 19.0 Å². The number of carbonyl (C=O) groups excluding carboxylic acids is 1. The summed E-state index contributed by atoms with van der Waals surface area (Å²) in [6.45, 7) is 8.60. The SMILES string of the molecule is CCCCCCCCCC(N)=O.CCNCC. The first-order chi connectivity index (χ1) is 8.18. The zero-order valence-electron chi connectivity index (χ0n) is 12.1. The van der Waals surface area contributed by atoms with Gasteiger partial charge in [-0.25, -0.2) is 0 Å². The molecule has 0 heterocycles. The van der Waals surface area contributed by atoms with Gasteiger partial charge in [-0.05, 0) is 19.5 Å². The van der Waals surface area contributed by atoms with Crippen LogP contribution in [0.3, 0.4) is 0 Å². The summed E-state index contributed by atoms with van der Waals surface area (Å²) in [6, 6.07) is 0. The molecule has 104 valence electrons. The van der Waals surface area contributed by atoms with Crippen molar-refractivity contribution in [2.75, 3.05) is 13.1 Å². The number of unbranched alkanes of at least 4 members (excludes halogenated alkanes) is 6. The second kappa shape index (κ2) is 17.8. The Morgan fingerprint density at radius 2 is 1.35 bits per heavy atom. The molecule has 0 aromatic heterocycles. The summed E-state index contributed by atoms with van der Waals surface area (Å²) >= 11 is 0. The van der Waals surface area contributed by atoms with Crippen LogP contribution in [-0.2, 0) is 4.79 Å². The van der Waals surface area contributed by atoms with Crippen molar-refractivity contribution in [2.45, 2.75) is 72.1 Å². The Labute approximate surface area is 108 Å². The molecule has 0 atom stereocenters. The molecular formula is C14H32N2O. The van der Waals surface area contributed by atoms with Crippen LogP contribution in [0.5, 0.6) is 0 Å². The van der Waals surface area contributed by atoms with E-state index in [0.717, 1.165) is 25.9 Å². The number of carbonyl (C=O) groups is 1. The maximum Gasteiger partial charge on any atom is 0.217 e. The van der Waals surface area contributed by atoms with Crippen LogP contribution in [0.25, 0.3) is 0 Å². The van der Waals surface area contributed by atoms with Gasteiger partial charge >= 0.3 is 0 Å². The van der Waals surface area contributed by atoms with Crippen molar-refractivity contribution in [1.82, 2.24) is 5.32 Å². The molecule has 0 aliphatic heterocycles. The molecule has 0 aliphatic rings. The predicted molar refractivity (Wildman–Crippen MR) is 76.0 cm³/mol. The fourth-order valence-corrected chi connectivity index (χ4v) is 1.51. The average Bonchev–Trinajstić information content (AvgIpc) is 2.29. The van der Waals surface area contributed by atoms with E-state index in [1.807, 2.05) is 0 Å². The Morgan fingerprint density at radius 1 is 0.882 bits per heavy atom. The number of primary amides is 1. The van der Waals surface area contributed by atoms with Crippen molar-refractivity contribution >= 4 is 5.91 Å². The first-order valence-corrected chi connectivity index (χ1v) is 7.17. The maximum atomic E-state index is 10.4. The summed E-state index contributed by atoms with van der Waals surface area (Å²) in [6.07, 6.45) is 9.24. The van der Waals surface area contributed by atoms with E-state index >= 15 is 0 Å². The average molecular weight is 244 g/mol. The van der Waals surface area contributed by atoms with Crippen molar-refractivity contribution < 1.29 is 4.79 Å². The molecule has 0 spiro atoms. The van der Waals surface area contributed by atoms with Gasteiger partial charge in [0.05, 0.1) is 0 Å². The predicted octanol–water partition coefficient (Wildman–Crippen LogP) is 3.23. The van der Waals surface area contributed by atoms with Crippen LogP contribution in [0.4, 0.5) is 0 Å². The smallest absolute Gasteiger partial charge is 0.217 e. The Hall–Kier alpha value is -0.570. The van der Waals surface area contributed by atoms with E-state index in [1.165, 1.54) is 32.1 Å². The van der Waals surface area contributed by atoms with Crippen molar-refractivity contribution in [1.29, 1.82) is 0 Å². The number of nitrogens with two attached hydrogens (primary N) is 1. The normalized spacial score (nSPS) is 9.59. The molecule has 0 bridgehead atoms. The van der Waals surface area contributed by atoms with Gasteiger partial charge in [0.25, 0.3) is 0 Å². The van der Waals surface area contributed by atoms with Crippen LogP contribution in [0, 0.1) is 0 Å². The lowest BCUT2D eigenvalue weighted by atomic mass is 10.1. The van der Waals surface area contributed by atoms with E-state index in [0.29, 0.717) is 6.42 Å². The third-order valence-corrected chi connectivity index (χ3v) is 2.53. The zero-order valence-corrected chi connectivity index (χ0v) is 12.1. The molecule has 3 heteroatoms. The van der Waals surface area contributed by atoms with E-state index in [4.69, 9.17) is 5.73 Å². The van der Waals surface area contributed by atoms with Gasteiger partial charge < -0.3 is 11.1 Å². The molecule has 3 N–H and O–H groups in total. The third-order valence-electron chi connectivity index (χ3n) is 2.53. The van der Waals surface area contributed by atoms with Gasteiger partial charge in [-0.2, -0.15) is 0 Å². The number of hydrogen-bond acceptors (Lipinski definition) is 2. The van der Waals surface area contributed by atoms with Gasteiger partial charge in [0.2, 0.25) is 5.91 Å². The fraction of sp³-hybridized carbons (Fsp3) is 0.929. The molecule has 0 saturated heterocycles. The van der Waals surface area contributed by atoms with E-state index < -0.39 is 0 Å². The minimum atomic E-state index is -0.163. The summed E-state index contributed by atoms with van der Waals surface area (Å²) in [5.41, 5.74) is 5.02. The Bertz CT molecular complexity index is 147. The van der Waals surface area contributed by atoms with Gasteiger partial charge in [-0.15, -0.1) is 0 Å². The first kappa shape index (κ1) is 18.8. The lowest BCUT2D eigenvalue weighted by molar-refractivity contribution is -0.118. The second-order valence-corrected chi connectivity index (χ2v) is 4.29. The fourth-order valence-electron chi connectivity index (χ4n) is 1.51. The summed E-state index contributed by atoms with van der Waals surface area (Å²) in [5, 5.41) is 3.11. The summed E-state index contributed by atoms with van der Waals surface area (Å²) in [7, 11) is 0. The number of rotatable bonds is 10. The van der Waals surface area contributed by atoms with E-state index in [1.54, 1.807) is 0 Å². The highest BCUT2D eigenvalue weighted by Crippen LogP contribution is 2.07. The molecule has 0 saturated carbocycles. The lowest BCUT2D eigenvalue weighted by Gasteiger charge is -1.98. The van der Waals surface area contributed by atoms with Gasteiger partial charge in [0.15, 0.2) is 0 Å². The minimum absolute atomic E-state index is 0.163. The second-order valence-electron chi connectivity index (χ2n) is 4.29. The Morgan fingerprint density at radius 3 is 1.71 bits per heavy atom. The van der Waals surface area contributed by atoms with Crippen molar-refractivity contribution in [3.63, 3.8) is 0 Å². The van der Waals surface area contributed by atoms with E-state index in [2.05, 4.69) is 26.1 Å². The standard InChI is InChI=1S/C10H21NO.C4H11N/c1-2-3-4-5-6-7-8-9-10(11)12;1-3-5-4-2/h2-9H2,1H3,(H2,11,12);5H,3-4H2,1-2H3. The zero-order chi connectivity index (χ0) is 13.4. The molecule has 0 aromatic rings. The van der Waals surface area contributed by atoms with Crippen LogP contribution >= 0.6 is 0 Å². The van der Waals surface area contributed by atoms with Gasteiger partial charge in [0, 0.05) is 6.42 Å². The molecule has 0 unspecified atom stereocenters. The first-order valence-electron chi connectivity index (χ1n) is 7.17. The summed E-state index contributed by atoms with van der Waals surface area (Å²) in [4.78, 5) is 10.4. The highest BCUT2D eigenvalue weighted by Gasteiger charge is 1.94. The van der Waals surface area contributed by atoms with Gasteiger partial charge in [-0.1, -0.05) is 59.3 Å². The number of nitrogens with one attached hydrogen (secondary N) is 1. The van der Waals surface area contributed by atoms with E-state index in [-0.39, 0.29) is 5.91 Å². The van der Waals surface area contributed by atoms with Gasteiger partial charge in [-0.3, -0.25) is 4.79 Å². The van der Waals surface area contributed by atoms with Crippen LogP contribution in [0.1, 0.15) is 72.1 Å². The number of amides is 1. The molecule has 0 rings (SSSR count). The molecule has 0 radical (unpaired) electrons. The van der Waals surface area contributed by atoms with Gasteiger partial charge in [0.1, 0.15) is 0 Å². The van der Waals surface area contributed by atoms with Crippen LogP contribution in [0.2, 0.25) is 0 Å². The quantitative estimate of drug-likeness (QED) is 0.580. The summed E-state index contributed by atoms with van der Waals surface area (Å²) in [5.74, 6) is -0.163. The molecule has 0 fully saturated rings.